The van der Waals surface area contributed by atoms with Crippen LogP contribution in [0.5, 0.6) is 0 Å². The molecule has 0 fully saturated rings. The number of hydrogen-bond acceptors (Lipinski definition) is 3. The first-order valence-corrected chi connectivity index (χ1v) is 7.56. The molecule has 0 bridgehead atoms. The maximum atomic E-state index is 12.9. The van der Waals surface area contributed by atoms with Gasteiger partial charge in [0.25, 0.3) is 0 Å². The Balaban J connectivity index is 3.00. The van der Waals surface area contributed by atoms with Crippen molar-refractivity contribution in [1.82, 2.24) is 4.31 Å². The van der Waals surface area contributed by atoms with Crippen LogP contribution < -0.4 is 0 Å². The Morgan fingerprint density at radius 2 is 1.84 bits per heavy atom. The highest BCUT2D eigenvalue weighted by Gasteiger charge is 2.24. The molecule has 0 aliphatic carbocycles. The summed E-state index contributed by atoms with van der Waals surface area (Å²) in [4.78, 5) is 0.102. The van der Waals surface area contributed by atoms with Gasteiger partial charge < -0.3 is 4.74 Å². The van der Waals surface area contributed by atoms with Crippen LogP contribution in [0.3, 0.4) is 0 Å². The second-order valence-electron chi connectivity index (χ2n) is 4.70. The number of nitrogens with zero attached hydrogens (tertiary/aromatic N) is 1. The van der Waals surface area contributed by atoms with E-state index in [1.165, 1.54) is 23.5 Å². The molecule has 0 heterocycles. The van der Waals surface area contributed by atoms with Gasteiger partial charge in [-0.2, -0.15) is 4.31 Å². The molecule has 1 aromatic rings. The Morgan fingerprint density at radius 1 is 1.26 bits per heavy atom. The molecule has 108 valence electrons. The molecule has 0 aliphatic rings. The van der Waals surface area contributed by atoms with Gasteiger partial charge in [0, 0.05) is 20.2 Å². The molecule has 0 spiro atoms. The van der Waals surface area contributed by atoms with Gasteiger partial charge in [-0.3, -0.25) is 0 Å². The summed E-state index contributed by atoms with van der Waals surface area (Å²) in [6.45, 7) is 4.91. The fourth-order valence-electron chi connectivity index (χ4n) is 1.67. The molecule has 6 heteroatoms. The lowest BCUT2D eigenvalue weighted by atomic mass is 10.2. The average molecular weight is 289 g/mol. The lowest BCUT2D eigenvalue weighted by Crippen LogP contribution is -2.36. The second-order valence-corrected chi connectivity index (χ2v) is 6.64. The predicted molar refractivity (Wildman–Crippen MR) is 71.9 cm³/mol. The van der Waals surface area contributed by atoms with E-state index in [-0.39, 0.29) is 17.4 Å². The van der Waals surface area contributed by atoms with E-state index in [9.17, 15) is 12.8 Å². The lowest BCUT2D eigenvalue weighted by Gasteiger charge is -2.23. The van der Waals surface area contributed by atoms with E-state index >= 15 is 0 Å². The normalized spacial score (nSPS) is 12.3. The summed E-state index contributed by atoms with van der Waals surface area (Å²) in [5.41, 5.74) is 0. The van der Waals surface area contributed by atoms with Crippen LogP contribution in [0.2, 0.25) is 0 Å². The highest BCUT2D eigenvalue weighted by atomic mass is 32.2. The van der Waals surface area contributed by atoms with E-state index in [4.69, 9.17) is 4.74 Å². The van der Waals surface area contributed by atoms with Gasteiger partial charge in [-0.05, 0) is 30.2 Å². The topological polar surface area (TPSA) is 46.6 Å². The summed E-state index contributed by atoms with van der Waals surface area (Å²) in [5, 5.41) is 0. The minimum atomic E-state index is -3.60. The van der Waals surface area contributed by atoms with Gasteiger partial charge in [0.1, 0.15) is 5.82 Å². The zero-order chi connectivity index (χ0) is 14.5. The van der Waals surface area contributed by atoms with Crippen molar-refractivity contribution in [2.24, 2.45) is 5.92 Å². The van der Waals surface area contributed by atoms with Crippen LogP contribution >= 0.6 is 0 Å². The fraction of sp³-hybridized carbons (Fsp3) is 0.538. The third-order valence-corrected chi connectivity index (χ3v) is 4.44. The van der Waals surface area contributed by atoms with Crippen molar-refractivity contribution >= 4 is 10.0 Å². The number of benzene rings is 1. The van der Waals surface area contributed by atoms with E-state index in [2.05, 4.69) is 0 Å². The van der Waals surface area contributed by atoms with E-state index in [0.29, 0.717) is 13.2 Å². The molecule has 0 aliphatic heterocycles. The Labute approximate surface area is 114 Å². The van der Waals surface area contributed by atoms with Crippen molar-refractivity contribution in [3.05, 3.63) is 30.1 Å². The Hall–Kier alpha value is -0.980. The number of ether oxygens (including phenoxy) is 1. The number of hydrogen-bond donors (Lipinski definition) is 0. The Bertz CT molecular complexity index is 485. The molecule has 0 N–H and O–H groups in total. The van der Waals surface area contributed by atoms with Crippen LogP contribution in [0, 0.1) is 11.7 Å². The molecule has 1 aromatic carbocycles. The highest BCUT2D eigenvalue weighted by Crippen LogP contribution is 2.17. The van der Waals surface area contributed by atoms with E-state index in [1.54, 1.807) is 0 Å². The van der Waals surface area contributed by atoms with Crippen molar-refractivity contribution in [2.75, 3.05) is 26.8 Å². The first kappa shape index (κ1) is 16.1. The summed E-state index contributed by atoms with van der Waals surface area (Å²) in [6, 6.07) is 4.86. The number of methoxy groups -OCH3 is 1. The lowest BCUT2D eigenvalue weighted by molar-refractivity contribution is 0.175. The van der Waals surface area contributed by atoms with Crippen molar-refractivity contribution < 1.29 is 17.5 Å². The van der Waals surface area contributed by atoms with Crippen LogP contribution in [0.4, 0.5) is 4.39 Å². The van der Waals surface area contributed by atoms with Crippen LogP contribution in [-0.2, 0) is 14.8 Å². The number of sulfonamides is 1. The minimum absolute atomic E-state index is 0.102. The van der Waals surface area contributed by atoms with Gasteiger partial charge in [0.15, 0.2) is 0 Å². The smallest absolute Gasteiger partial charge is 0.243 e. The van der Waals surface area contributed by atoms with Crippen molar-refractivity contribution in [3.63, 3.8) is 0 Å². The molecule has 0 unspecified atom stereocenters. The molecule has 0 radical (unpaired) electrons. The summed E-state index contributed by atoms with van der Waals surface area (Å²) < 4.78 is 44.0. The molecule has 0 saturated carbocycles. The largest absolute Gasteiger partial charge is 0.383 e. The molecular formula is C13H20FNO3S. The fourth-order valence-corrected chi connectivity index (χ4v) is 3.25. The summed E-state index contributed by atoms with van der Waals surface area (Å²) >= 11 is 0. The summed E-state index contributed by atoms with van der Waals surface area (Å²) in [5.74, 6) is -0.252. The molecule has 4 nitrogen and oxygen atoms in total. The van der Waals surface area contributed by atoms with Gasteiger partial charge in [-0.15, -0.1) is 0 Å². The quantitative estimate of drug-likeness (QED) is 0.772. The monoisotopic (exact) mass is 289 g/mol. The van der Waals surface area contributed by atoms with Gasteiger partial charge in [-0.25, -0.2) is 12.8 Å². The van der Waals surface area contributed by atoms with Gasteiger partial charge in [0.2, 0.25) is 10.0 Å². The Morgan fingerprint density at radius 3 is 2.32 bits per heavy atom. The number of rotatable bonds is 7. The first-order chi connectivity index (χ1) is 8.87. The molecule has 0 atom stereocenters. The highest BCUT2D eigenvalue weighted by molar-refractivity contribution is 7.89. The molecule has 0 amide bonds. The van der Waals surface area contributed by atoms with Crippen LogP contribution in [0.15, 0.2) is 29.2 Å². The maximum absolute atomic E-state index is 12.9. The van der Waals surface area contributed by atoms with E-state index in [1.807, 2.05) is 13.8 Å². The zero-order valence-electron chi connectivity index (χ0n) is 11.5. The average Bonchev–Trinajstić information content (AvgIpc) is 2.34. The first-order valence-electron chi connectivity index (χ1n) is 6.12. The van der Waals surface area contributed by atoms with Crippen molar-refractivity contribution in [1.29, 1.82) is 0 Å². The van der Waals surface area contributed by atoms with Crippen LogP contribution in [0.1, 0.15) is 13.8 Å². The SMILES string of the molecule is COCCN(CC(C)C)S(=O)(=O)c1ccc(F)cc1. The predicted octanol–water partition coefficient (Wildman–Crippen LogP) is 2.12. The molecule has 19 heavy (non-hydrogen) atoms. The maximum Gasteiger partial charge on any atom is 0.243 e. The summed E-state index contributed by atoms with van der Waals surface area (Å²) in [7, 11) is -2.07. The Kier molecular flexibility index (Phi) is 5.90. The van der Waals surface area contributed by atoms with E-state index in [0.717, 1.165) is 12.1 Å². The molecule has 0 aromatic heterocycles. The van der Waals surface area contributed by atoms with Gasteiger partial charge >= 0.3 is 0 Å². The van der Waals surface area contributed by atoms with E-state index < -0.39 is 15.8 Å². The van der Waals surface area contributed by atoms with Crippen LogP contribution in [-0.4, -0.2) is 39.5 Å². The zero-order valence-corrected chi connectivity index (χ0v) is 12.3. The second kappa shape index (κ2) is 6.98. The third kappa shape index (κ3) is 4.56. The molecule has 0 saturated heterocycles. The third-order valence-electron chi connectivity index (χ3n) is 2.57. The van der Waals surface area contributed by atoms with Gasteiger partial charge in [0.05, 0.1) is 11.5 Å². The summed E-state index contributed by atoms with van der Waals surface area (Å²) in [6.07, 6.45) is 0. The van der Waals surface area contributed by atoms with Crippen molar-refractivity contribution in [2.45, 2.75) is 18.7 Å². The standard InChI is InChI=1S/C13H20FNO3S/c1-11(2)10-15(8-9-18-3)19(16,17)13-6-4-12(14)5-7-13/h4-7,11H,8-10H2,1-3H3. The minimum Gasteiger partial charge on any atom is -0.383 e. The molecule has 1 rings (SSSR count). The van der Waals surface area contributed by atoms with Crippen LogP contribution in [0.25, 0.3) is 0 Å². The van der Waals surface area contributed by atoms with Crippen molar-refractivity contribution in [3.8, 4) is 0 Å². The number of halogens is 1. The molecular weight excluding hydrogens is 269 g/mol. The van der Waals surface area contributed by atoms with Gasteiger partial charge in [-0.1, -0.05) is 13.8 Å².